The molecule has 2 aliphatic rings. The summed E-state index contributed by atoms with van der Waals surface area (Å²) in [5.74, 6) is -0.503. The van der Waals surface area contributed by atoms with Gasteiger partial charge in [-0.1, -0.05) is 18.2 Å². The van der Waals surface area contributed by atoms with E-state index in [1.165, 1.54) is 26.0 Å². The number of halogens is 4. The summed E-state index contributed by atoms with van der Waals surface area (Å²) in [5, 5.41) is 9.84. The van der Waals surface area contributed by atoms with Gasteiger partial charge in [0.1, 0.15) is 28.9 Å². The Balaban J connectivity index is 0.890. The third-order valence-corrected chi connectivity index (χ3v) is 12.2. The number of rotatable bonds is 12. The number of ether oxygens (including phenoxy) is 1. The summed E-state index contributed by atoms with van der Waals surface area (Å²) >= 11 is 3.73. The Labute approximate surface area is 333 Å². The van der Waals surface area contributed by atoms with Gasteiger partial charge in [-0.25, -0.2) is 18.2 Å². The van der Waals surface area contributed by atoms with Gasteiger partial charge in [0.2, 0.25) is 0 Å². The smallest absolute Gasteiger partial charge is 0.165 e. The fourth-order valence-electron chi connectivity index (χ4n) is 8.74. The van der Waals surface area contributed by atoms with E-state index in [9.17, 15) is 0 Å². The highest BCUT2D eigenvalue weighted by Crippen LogP contribution is 2.44. The van der Waals surface area contributed by atoms with E-state index in [1.807, 2.05) is 49.3 Å². The second kappa shape index (κ2) is 15.5. The number of aromatic amines is 1. The number of aromatic nitrogens is 6. The molecule has 0 aliphatic carbocycles. The lowest BCUT2D eigenvalue weighted by Gasteiger charge is -2.43. The summed E-state index contributed by atoms with van der Waals surface area (Å²) in [4.78, 5) is 12.9. The Bertz CT molecular complexity index is 2340. The van der Waals surface area contributed by atoms with Crippen molar-refractivity contribution in [1.29, 1.82) is 0 Å². The highest BCUT2D eigenvalue weighted by Gasteiger charge is 2.41. The molecule has 3 N–H and O–H groups in total. The van der Waals surface area contributed by atoms with Crippen LogP contribution < -0.4 is 10.5 Å². The highest BCUT2D eigenvalue weighted by molar-refractivity contribution is 9.10. The van der Waals surface area contributed by atoms with Crippen molar-refractivity contribution in [2.75, 3.05) is 38.5 Å². The van der Waals surface area contributed by atoms with Crippen molar-refractivity contribution in [2.45, 2.75) is 83.0 Å². The molecule has 2 aromatic carbocycles. The molecule has 0 bridgehead atoms. The topological polar surface area (TPSA) is 106 Å². The van der Waals surface area contributed by atoms with Crippen LogP contribution in [0.15, 0.2) is 59.5 Å². The number of piperidine rings is 1. The number of nitrogens with zero attached hydrogens (tertiary/aromatic N) is 7. The first-order valence-corrected chi connectivity index (χ1v) is 20.4. The zero-order chi connectivity index (χ0) is 39.3. The number of fused-ring (bicyclic) bond motifs is 4. The average molecular weight is 833 g/mol. The van der Waals surface area contributed by atoms with Crippen LogP contribution >= 0.6 is 15.9 Å². The van der Waals surface area contributed by atoms with Gasteiger partial charge < -0.3 is 20.4 Å². The van der Waals surface area contributed by atoms with E-state index >= 15 is 13.2 Å². The number of H-pyrrole nitrogens is 1. The number of hydrogen-bond donors (Lipinski definition) is 2. The van der Waals surface area contributed by atoms with E-state index in [4.69, 9.17) is 15.5 Å². The number of nitrogens with two attached hydrogens (primary N) is 1. The zero-order valence-corrected chi connectivity index (χ0v) is 33.9. The van der Waals surface area contributed by atoms with E-state index in [0.29, 0.717) is 24.5 Å². The molecule has 2 aliphatic heterocycles. The molecule has 6 aromatic rings. The number of benzene rings is 2. The SMILES string of the molecule is C[C@@H]1Cc2c([nH]c3ccccc23)[C@@H](c2c(F)cc(OCCCCCN3CCC[C@@H](c4nc5c(-c6cnn(C)c6)cnn5c(N)c4Br)C3)cc2F)N1CC(C)(C)F. The minimum Gasteiger partial charge on any atom is -0.493 e. The molecule has 1 fully saturated rings. The fraction of sp³-hybridized carbons (Fsp3) is 0.452. The van der Waals surface area contributed by atoms with Crippen LogP contribution in [-0.2, 0) is 13.5 Å². The van der Waals surface area contributed by atoms with Crippen LogP contribution in [0.1, 0.15) is 87.3 Å². The number of nitrogens with one attached hydrogen (secondary N) is 1. The number of aryl methyl sites for hydroxylation is 1. The van der Waals surface area contributed by atoms with Crippen molar-refractivity contribution in [3.63, 3.8) is 0 Å². The lowest BCUT2D eigenvalue weighted by Crippen LogP contribution is -2.48. The number of anilines is 1. The largest absolute Gasteiger partial charge is 0.493 e. The van der Waals surface area contributed by atoms with Crippen LogP contribution in [0.2, 0.25) is 0 Å². The van der Waals surface area contributed by atoms with Crippen molar-refractivity contribution in [1.82, 2.24) is 39.2 Å². The molecular formula is C42H49BrF3N9O. The van der Waals surface area contributed by atoms with Crippen molar-refractivity contribution in [2.24, 2.45) is 7.05 Å². The number of likely N-dealkylation sites (tertiary alicyclic amines) is 1. The Morgan fingerprint density at radius 3 is 2.61 bits per heavy atom. The van der Waals surface area contributed by atoms with Crippen LogP contribution in [0.25, 0.3) is 27.7 Å². The molecule has 1 saturated heterocycles. The van der Waals surface area contributed by atoms with Crippen LogP contribution in [0, 0.1) is 11.6 Å². The van der Waals surface area contributed by atoms with Crippen LogP contribution in [0.3, 0.4) is 0 Å². The zero-order valence-electron chi connectivity index (χ0n) is 32.3. The van der Waals surface area contributed by atoms with Crippen LogP contribution in [-0.4, -0.2) is 83.7 Å². The third kappa shape index (κ3) is 7.55. The molecule has 14 heteroatoms. The quantitative estimate of drug-likeness (QED) is 0.119. The molecule has 4 aromatic heterocycles. The van der Waals surface area contributed by atoms with E-state index in [2.05, 4.69) is 36.0 Å². The Morgan fingerprint density at radius 1 is 1.07 bits per heavy atom. The monoisotopic (exact) mass is 831 g/mol. The number of nitrogen functional groups attached to an aromatic ring is 1. The molecule has 296 valence electrons. The van der Waals surface area contributed by atoms with Crippen LogP contribution in [0.5, 0.6) is 5.75 Å². The van der Waals surface area contributed by atoms with E-state index in [1.54, 1.807) is 21.6 Å². The van der Waals surface area contributed by atoms with E-state index < -0.39 is 23.3 Å². The van der Waals surface area contributed by atoms with Gasteiger partial charge in [-0.05, 0) is 99.9 Å². The maximum Gasteiger partial charge on any atom is 0.165 e. The second-order valence-corrected chi connectivity index (χ2v) is 16.9. The lowest BCUT2D eigenvalue weighted by molar-refractivity contribution is 0.0642. The molecule has 10 nitrogen and oxygen atoms in total. The van der Waals surface area contributed by atoms with Gasteiger partial charge in [-0.2, -0.15) is 14.7 Å². The van der Waals surface area contributed by atoms with Gasteiger partial charge in [-0.3, -0.25) is 9.58 Å². The van der Waals surface area contributed by atoms with Crippen molar-refractivity contribution in [3.8, 4) is 16.9 Å². The maximum absolute atomic E-state index is 16.1. The van der Waals surface area contributed by atoms with Gasteiger partial charge in [0.25, 0.3) is 0 Å². The summed E-state index contributed by atoms with van der Waals surface area (Å²) in [6, 6.07) is 9.46. The molecule has 0 amide bonds. The summed E-state index contributed by atoms with van der Waals surface area (Å²) in [7, 11) is 1.88. The summed E-state index contributed by atoms with van der Waals surface area (Å²) in [5.41, 5.74) is 11.0. The molecular weight excluding hydrogens is 783 g/mol. The van der Waals surface area contributed by atoms with Gasteiger partial charge in [0.05, 0.1) is 35.2 Å². The van der Waals surface area contributed by atoms with Crippen molar-refractivity contribution < 1.29 is 17.9 Å². The minimum absolute atomic E-state index is 0.0287. The van der Waals surface area contributed by atoms with Gasteiger partial charge >= 0.3 is 0 Å². The Kier molecular flexibility index (Phi) is 10.7. The predicted molar refractivity (Wildman–Crippen MR) is 217 cm³/mol. The van der Waals surface area contributed by atoms with Gasteiger partial charge in [0.15, 0.2) is 5.65 Å². The number of hydrogen-bond acceptors (Lipinski definition) is 7. The first-order valence-electron chi connectivity index (χ1n) is 19.6. The minimum atomic E-state index is -1.56. The molecule has 0 radical (unpaired) electrons. The summed E-state index contributed by atoms with van der Waals surface area (Å²) < 4.78 is 57.5. The van der Waals surface area contributed by atoms with E-state index in [0.717, 1.165) is 95.1 Å². The molecule has 0 spiro atoms. The van der Waals surface area contributed by atoms with Gasteiger partial charge in [-0.15, -0.1) is 0 Å². The second-order valence-electron chi connectivity index (χ2n) is 16.2. The molecule has 8 rings (SSSR count). The van der Waals surface area contributed by atoms with Gasteiger partial charge in [0, 0.05) is 83.7 Å². The van der Waals surface area contributed by atoms with E-state index in [-0.39, 0.29) is 29.8 Å². The summed E-state index contributed by atoms with van der Waals surface area (Å²) in [6.45, 7) is 8.19. The first kappa shape index (κ1) is 38.5. The lowest BCUT2D eigenvalue weighted by atomic mass is 9.87. The fourth-order valence-corrected chi connectivity index (χ4v) is 9.32. The average Bonchev–Trinajstić information content (AvgIpc) is 3.88. The number of para-hydroxylation sites is 1. The Morgan fingerprint density at radius 2 is 1.86 bits per heavy atom. The normalized spacial score (nSPS) is 19.6. The standard InChI is InChI=1S/C42H49BrF3N9O/c1-25-17-30-29-12-6-7-13-34(29)50-38(30)39(54(25)24-42(2,3)46)35-32(44)18-28(19-33(35)45)56-16-9-5-8-14-53-15-10-11-26(23-53)37-36(43)40(47)55-41(51-37)31(21-49-55)27-20-48-52(4)22-27/h6-7,12-13,18-22,25-26,39,50H,5,8-11,14-17,23-24,47H2,1-4H3/t25-,26-,39-/m1/s1. The summed E-state index contributed by atoms with van der Waals surface area (Å²) in [6.07, 6.45) is 10.9. The molecule has 56 heavy (non-hydrogen) atoms. The predicted octanol–water partition coefficient (Wildman–Crippen LogP) is 8.75. The third-order valence-electron chi connectivity index (χ3n) is 11.3. The van der Waals surface area contributed by atoms with Crippen LogP contribution in [0.4, 0.5) is 19.0 Å². The van der Waals surface area contributed by atoms with Crippen molar-refractivity contribution >= 4 is 38.3 Å². The number of alkyl halides is 1. The molecule has 3 atom stereocenters. The maximum atomic E-state index is 16.1. The molecule has 6 heterocycles. The first-order chi connectivity index (χ1) is 26.9. The molecule has 0 unspecified atom stereocenters. The Hall–Kier alpha value is -4.40. The van der Waals surface area contributed by atoms with Crippen molar-refractivity contribution in [3.05, 3.63) is 93.6 Å². The highest BCUT2D eigenvalue weighted by atomic mass is 79.9. The molecule has 0 saturated carbocycles. The number of unbranched alkanes of at least 4 members (excludes halogenated alkanes) is 2.